The van der Waals surface area contributed by atoms with Gasteiger partial charge in [-0.15, -0.1) is 0 Å². The van der Waals surface area contributed by atoms with Crippen LogP contribution in [0.25, 0.3) is 0 Å². The second kappa shape index (κ2) is 5.96. The first-order valence-electron chi connectivity index (χ1n) is 5.64. The van der Waals surface area contributed by atoms with Crippen LogP contribution in [-0.4, -0.2) is 27.3 Å². The molecule has 5 nitrogen and oxygen atoms in total. The molecule has 0 spiro atoms. The summed E-state index contributed by atoms with van der Waals surface area (Å²) in [6.45, 7) is 5.81. The number of hydrogen-bond acceptors (Lipinski definition) is 3. The molecule has 0 saturated heterocycles. The van der Waals surface area contributed by atoms with E-state index in [0.29, 0.717) is 16.6 Å². The van der Waals surface area contributed by atoms with Gasteiger partial charge in [-0.2, -0.15) is 0 Å². The molecule has 3 N–H and O–H groups in total. The van der Waals surface area contributed by atoms with E-state index in [4.69, 9.17) is 16.7 Å². The predicted octanol–water partition coefficient (Wildman–Crippen LogP) is 3.43. The summed E-state index contributed by atoms with van der Waals surface area (Å²) in [6.07, 6.45) is -0.684. The fourth-order valence-electron chi connectivity index (χ4n) is 1.59. The Labute approximate surface area is 125 Å². The van der Waals surface area contributed by atoms with Crippen molar-refractivity contribution >= 4 is 33.6 Å². The molecule has 0 aliphatic carbocycles. The van der Waals surface area contributed by atoms with Crippen molar-refractivity contribution in [2.24, 2.45) is 5.41 Å². The lowest BCUT2D eigenvalue weighted by molar-refractivity contribution is 0.174. The molecule has 1 rings (SSSR count). The van der Waals surface area contributed by atoms with Crippen LogP contribution in [0.15, 0.2) is 10.7 Å². The summed E-state index contributed by atoms with van der Waals surface area (Å²) in [7, 11) is 0. The average Bonchev–Trinajstić information content (AvgIpc) is 2.22. The molecule has 0 bridgehead atoms. The first kappa shape index (κ1) is 16.0. The summed E-state index contributed by atoms with van der Waals surface area (Å²) >= 11 is 8.96. The van der Waals surface area contributed by atoms with Crippen molar-refractivity contribution in [2.75, 3.05) is 0 Å². The maximum absolute atomic E-state index is 10.8. The molecule has 0 radical (unpaired) electrons. The molecule has 1 atom stereocenters. The van der Waals surface area contributed by atoms with Crippen molar-refractivity contribution in [3.8, 4) is 5.75 Å². The van der Waals surface area contributed by atoms with Crippen LogP contribution in [0.3, 0.4) is 0 Å². The summed E-state index contributed by atoms with van der Waals surface area (Å²) in [5, 5.41) is 20.9. The van der Waals surface area contributed by atoms with Crippen molar-refractivity contribution in [1.29, 1.82) is 0 Å². The van der Waals surface area contributed by atoms with E-state index in [-0.39, 0.29) is 22.4 Å². The zero-order valence-corrected chi connectivity index (χ0v) is 13.2. The zero-order valence-electron chi connectivity index (χ0n) is 10.9. The zero-order chi connectivity index (χ0) is 14.8. The lowest BCUT2D eigenvalue weighted by atomic mass is 9.83. The number of aromatic hydroxyl groups is 1. The van der Waals surface area contributed by atoms with Crippen LogP contribution in [0.5, 0.6) is 5.75 Å². The third-order valence-corrected chi connectivity index (χ3v) is 3.72. The summed E-state index contributed by atoms with van der Waals surface area (Å²) in [5.41, 5.74) is 0.420. The molecule has 1 amide bonds. The van der Waals surface area contributed by atoms with Crippen LogP contribution in [0.4, 0.5) is 4.79 Å². The number of carbonyl (C=O) groups is 1. The van der Waals surface area contributed by atoms with Crippen molar-refractivity contribution in [2.45, 2.75) is 33.2 Å². The van der Waals surface area contributed by atoms with Gasteiger partial charge in [0.15, 0.2) is 10.9 Å². The Balaban J connectivity index is 3.03. The number of aromatic nitrogens is 1. The van der Waals surface area contributed by atoms with Gasteiger partial charge in [0.25, 0.3) is 0 Å². The van der Waals surface area contributed by atoms with Crippen LogP contribution >= 0.6 is 27.5 Å². The molecule has 1 heterocycles. The SMILES string of the molecule is CC(C)(C)C(Cc1cc(O)c(Cl)nc1Br)NC(=O)O. The van der Waals surface area contributed by atoms with E-state index in [2.05, 4.69) is 26.2 Å². The standard InChI is InChI=1S/C12H16BrClN2O3/c1-12(2,3)8(15-11(18)19)5-6-4-7(17)10(14)16-9(6)13/h4,8,15,17H,5H2,1-3H3,(H,18,19). The number of halogens is 2. The Morgan fingerprint density at radius 3 is 2.63 bits per heavy atom. The number of nitrogens with one attached hydrogen (secondary N) is 1. The minimum absolute atomic E-state index is 0.00845. The number of amides is 1. The van der Waals surface area contributed by atoms with E-state index in [1.54, 1.807) is 0 Å². The average molecular weight is 352 g/mol. The fraction of sp³-hybridized carbons (Fsp3) is 0.500. The molecule has 0 fully saturated rings. The maximum Gasteiger partial charge on any atom is 0.404 e. The lowest BCUT2D eigenvalue weighted by Gasteiger charge is -2.30. The van der Waals surface area contributed by atoms with Crippen LogP contribution < -0.4 is 5.32 Å². The number of carboxylic acid groups (broad SMARTS) is 1. The molecule has 0 aliphatic heterocycles. The topological polar surface area (TPSA) is 82.5 Å². The summed E-state index contributed by atoms with van der Waals surface area (Å²) in [4.78, 5) is 14.8. The third kappa shape index (κ3) is 4.54. The number of rotatable bonds is 3. The van der Waals surface area contributed by atoms with Crippen LogP contribution in [-0.2, 0) is 6.42 Å². The molecule has 0 aromatic carbocycles. The van der Waals surface area contributed by atoms with Gasteiger partial charge < -0.3 is 15.5 Å². The molecule has 106 valence electrons. The summed E-state index contributed by atoms with van der Waals surface area (Å²) < 4.78 is 0.497. The van der Waals surface area contributed by atoms with Gasteiger partial charge in [0, 0.05) is 6.04 Å². The molecular formula is C12H16BrClN2O3. The molecule has 1 aromatic heterocycles. The van der Waals surface area contributed by atoms with E-state index >= 15 is 0 Å². The number of nitrogens with zero attached hydrogens (tertiary/aromatic N) is 1. The molecule has 7 heteroatoms. The monoisotopic (exact) mass is 350 g/mol. The first-order valence-corrected chi connectivity index (χ1v) is 6.81. The quantitative estimate of drug-likeness (QED) is 0.729. The molecule has 0 saturated carbocycles. The van der Waals surface area contributed by atoms with Gasteiger partial charge >= 0.3 is 6.09 Å². The van der Waals surface area contributed by atoms with E-state index in [1.165, 1.54) is 6.07 Å². The van der Waals surface area contributed by atoms with Gasteiger partial charge in [-0.25, -0.2) is 9.78 Å². The minimum Gasteiger partial charge on any atom is -0.505 e. The highest BCUT2D eigenvalue weighted by molar-refractivity contribution is 9.10. The van der Waals surface area contributed by atoms with Crippen molar-refractivity contribution in [1.82, 2.24) is 10.3 Å². The minimum atomic E-state index is -1.08. The highest BCUT2D eigenvalue weighted by Crippen LogP contribution is 2.30. The fourth-order valence-corrected chi connectivity index (χ4v) is 2.28. The van der Waals surface area contributed by atoms with Gasteiger partial charge in [0.05, 0.1) is 0 Å². The lowest BCUT2D eigenvalue weighted by Crippen LogP contribution is -2.44. The van der Waals surface area contributed by atoms with Crippen molar-refractivity contribution < 1.29 is 15.0 Å². The van der Waals surface area contributed by atoms with E-state index in [9.17, 15) is 9.90 Å². The van der Waals surface area contributed by atoms with E-state index < -0.39 is 6.09 Å². The molecule has 1 aromatic rings. The first-order chi connectivity index (χ1) is 8.61. The smallest absolute Gasteiger partial charge is 0.404 e. The highest BCUT2D eigenvalue weighted by atomic mass is 79.9. The van der Waals surface area contributed by atoms with Gasteiger partial charge in [-0.05, 0) is 39.4 Å². The van der Waals surface area contributed by atoms with Gasteiger partial charge in [-0.1, -0.05) is 32.4 Å². The Kier molecular flexibility index (Phi) is 5.04. The second-order valence-electron chi connectivity index (χ2n) is 5.32. The molecular weight excluding hydrogens is 336 g/mol. The van der Waals surface area contributed by atoms with Crippen LogP contribution in [0, 0.1) is 5.41 Å². The molecule has 19 heavy (non-hydrogen) atoms. The van der Waals surface area contributed by atoms with Crippen LogP contribution in [0.1, 0.15) is 26.3 Å². The van der Waals surface area contributed by atoms with Crippen molar-refractivity contribution in [3.05, 3.63) is 21.4 Å². The van der Waals surface area contributed by atoms with Crippen LogP contribution in [0.2, 0.25) is 5.15 Å². The Hall–Kier alpha value is -1.01. The summed E-state index contributed by atoms with van der Waals surface area (Å²) in [5.74, 6) is -0.122. The third-order valence-electron chi connectivity index (χ3n) is 2.75. The Bertz CT molecular complexity index is 489. The van der Waals surface area contributed by atoms with Gasteiger partial charge in [0.1, 0.15) is 4.60 Å². The van der Waals surface area contributed by atoms with E-state index in [1.807, 2.05) is 20.8 Å². The second-order valence-corrected chi connectivity index (χ2v) is 6.43. The maximum atomic E-state index is 10.8. The Morgan fingerprint density at radius 2 is 2.16 bits per heavy atom. The largest absolute Gasteiger partial charge is 0.505 e. The number of hydrogen-bond donors (Lipinski definition) is 3. The summed E-state index contributed by atoms with van der Waals surface area (Å²) in [6, 6.07) is 1.17. The highest BCUT2D eigenvalue weighted by Gasteiger charge is 2.27. The molecule has 0 aliphatic rings. The normalized spacial score (nSPS) is 13.1. The Morgan fingerprint density at radius 1 is 1.58 bits per heavy atom. The predicted molar refractivity (Wildman–Crippen MR) is 76.7 cm³/mol. The number of pyridine rings is 1. The van der Waals surface area contributed by atoms with E-state index in [0.717, 1.165) is 0 Å². The molecule has 1 unspecified atom stereocenters. The van der Waals surface area contributed by atoms with Crippen molar-refractivity contribution in [3.63, 3.8) is 0 Å². The van der Waals surface area contributed by atoms with Gasteiger partial charge in [-0.3, -0.25) is 0 Å². The van der Waals surface area contributed by atoms with Gasteiger partial charge in [0.2, 0.25) is 0 Å².